The maximum Gasteiger partial charge on any atom is 0.303 e. The van der Waals surface area contributed by atoms with E-state index in [9.17, 15) is 9.59 Å². The summed E-state index contributed by atoms with van der Waals surface area (Å²) in [4.78, 5) is 28.5. The fourth-order valence-electron chi connectivity index (χ4n) is 3.18. The predicted molar refractivity (Wildman–Crippen MR) is 104 cm³/mol. The molecule has 0 aliphatic heterocycles. The van der Waals surface area contributed by atoms with E-state index in [2.05, 4.69) is 10.1 Å². The van der Waals surface area contributed by atoms with Gasteiger partial charge in [0.05, 0.1) is 11.7 Å². The molecule has 0 saturated heterocycles. The number of carbonyl (C=O) groups is 1. The van der Waals surface area contributed by atoms with E-state index in [1.165, 1.54) is 0 Å². The van der Waals surface area contributed by atoms with Crippen molar-refractivity contribution < 1.29 is 9.90 Å². The minimum atomic E-state index is -0.855. The van der Waals surface area contributed by atoms with E-state index in [4.69, 9.17) is 5.11 Å². The van der Waals surface area contributed by atoms with Gasteiger partial charge in [0, 0.05) is 47.8 Å². The summed E-state index contributed by atoms with van der Waals surface area (Å²) >= 11 is 0. The Bertz CT molecular complexity index is 1240. The van der Waals surface area contributed by atoms with Crippen LogP contribution in [0.1, 0.15) is 12.0 Å². The second-order valence-corrected chi connectivity index (χ2v) is 6.54. The van der Waals surface area contributed by atoms with Crippen LogP contribution in [0.3, 0.4) is 0 Å². The van der Waals surface area contributed by atoms with Crippen LogP contribution in [0.2, 0.25) is 0 Å². The summed E-state index contributed by atoms with van der Waals surface area (Å²) in [6, 6.07) is 11.1. The topological polar surface area (TPSA) is 85.1 Å². The first-order chi connectivity index (χ1) is 13.0. The first-order valence-corrected chi connectivity index (χ1v) is 8.58. The number of carboxylic acids is 1. The quantitative estimate of drug-likeness (QED) is 0.605. The molecule has 27 heavy (non-hydrogen) atoms. The fourth-order valence-corrected chi connectivity index (χ4v) is 3.18. The van der Waals surface area contributed by atoms with E-state index in [0.717, 1.165) is 22.1 Å². The Labute approximate surface area is 154 Å². The highest BCUT2D eigenvalue weighted by Crippen LogP contribution is 2.22. The third-order valence-corrected chi connectivity index (χ3v) is 4.61. The number of benzene rings is 1. The molecule has 0 saturated carbocycles. The second kappa shape index (κ2) is 6.64. The van der Waals surface area contributed by atoms with Crippen molar-refractivity contribution in [1.82, 2.24) is 14.8 Å². The highest BCUT2D eigenvalue weighted by Gasteiger charge is 2.08. The van der Waals surface area contributed by atoms with Crippen LogP contribution >= 0.6 is 0 Å². The Hall–Kier alpha value is -3.54. The summed E-state index contributed by atoms with van der Waals surface area (Å²) in [6.07, 6.45) is 5.77. The molecule has 134 valence electrons. The average Bonchev–Trinajstić information content (AvgIpc) is 3.05. The largest absolute Gasteiger partial charge is 0.481 e. The monoisotopic (exact) mass is 359 g/mol. The van der Waals surface area contributed by atoms with Crippen LogP contribution in [-0.4, -0.2) is 25.8 Å². The molecule has 0 fully saturated rings. The third-order valence-electron chi connectivity index (χ3n) is 4.61. The van der Waals surface area contributed by atoms with Crippen LogP contribution in [0.25, 0.3) is 32.8 Å². The standard InChI is InChI=1S/C21H17N3O3/c1-24-12-16(11-23-24)15-9-18-19(22-10-15)6-5-14-4-2-13(3-7-20(25)26)8-17(14)21(18)27/h2,4-6,8-12H,3,7H2,1H3,(H,25,26). The third kappa shape index (κ3) is 3.29. The van der Waals surface area contributed by atoms with Crippen molar-refractivity contribution in [3.63, 3.8) is 0 Å². The van der Waals surface area contributed by atoms with Crippen LogP contribution in [0.15, 0.2) is 59.8 Å². The first kappa shape index (κ1) is 16.9. The zero-order valence-corrected chi connectivity index (χ0v) is 14.7. The molecule has 0 amide bonds. The van der Waals surface area contributed by atoms with Crippen molar-refractivity contribution in [3.05, 3.63) is 70.8 Å². The Kier molecular flexibility index (Phi) is 4.16. The molecular weight excluding hydrogens is 342 g/mol. The van der Waals surface area contributed by atoms with Gasteiger partial charge in [-0.05, 0) is 35.6 Å². The van der Waals surface area contributed by atoms with Crippen LogP contribution in [0.5, 0.6) is 0 Å². The molecule has 2 heterocycles. The molecule has 2 aromatic heterocycles. The molecule has 0 atom stereocenters. The number of nitrogens with zero attached hydrogens (tertiary/aromatic N) is 3. The van der Waals surface area contributed by atoms with Gasteiger partial charge in [-0.15, -0.1) is 0 Å². The molecule has 0 unspecified atom stereocenters. The van der Waals surface area contributed by atoms with E-state index >= 15 is 0 Å². The van der Waals surface area contributed by atoms with Gasteiger partial charge in [-0.2, -0.15) is 5.10 Å². The summed E-state index contributed by atoms with van der Waals surface area (Å²) in [5.74, 6) is -0.855. The van der Waals surface area contributed by atoms with E-state index in [1.807, 2.05) is 43.6 Å². The van der Waals surface area contributed by atoms with Gasteiger partial charge < -0.3 is 5.11 Å². The normalized spacial score (nSPS) is 11.1. The summed E-state index contributed by atoms with van der Waals surface area (Å²) in [6.45, 7) is 0. The number of hydrogen-bond donors (Lipinski definition) is 1. The minimum absolute atomic E-state index is 0.0338. The Balaban J connectivity index is 1.92. The number of hydrogen-bond acceptors (Lipinski definition) is 4. The smallest absolute Gasteiger partial charge is 0.303 e. The summed E-state index contributed by atoms with van der Waals surface area (Å²) < 4.78 is 1.70. The number of pyridine rings is 1. The van der Waals surface area contributed by atoms with Crippen LogP contribution < -0.4 is 5.43 Å². The number of aryl methyl sites for hydroxylation is 2. The van der Waals surface area contributed by atoms with Crippen molar-refractivity contribution in [2.75, 3.05) is 0 Å². The van der Waals surface area contributed by atoms with E-state index in [0.29, 0.717) is 22.7 Å². The maximum atomic E-state index is 13.2. The SMILES string of the molecule is Cn1cc(-c2cnc3ccc4ccc(CCC(=O)O)cc4c(=O)c3c2)cn1. The molecular formula is C21H17N3O3. The van der Waals surface area contributed by atoms with Gasteiger partial charge in [0.2, 0.25) is 0 Å². The molecule has 6 heteroatoms. The van der Waals surface area contributed by atoms with Crippen molar-refractivity contribution in [2.45, 2.75) is 12.8 Å². The number of aliphatic carboxylic acids is 1. The second-order valence-electron chi connectivity index (χ2n) is 6.54. The van der Waals surface area contributed by atoms with E-state index in [-0.39, 0.29) is 11.8 Å². The number of fused-ring (bicyclic) bond motifs is 2. The highest BCUT2D eigenvalue weighted by molar-refractivity contribution is 5.93. The number of aromatic nitrogens is 3. The van der Waals surface area contributed by atoms with Gasteiger partial charge in [-0.1, -0.05) is 18.2 Å². The van der Waals surface area contributed by atoms with E-state index in [1.54, 1.807) is 23.1 Å². The lowest BCUT2D eigenvalue weighted by Crippen LogP contribution is -2.01. The molecule has 0 aliphatic rings. The molecule has 0 bridgehead atoms. The van der Waals surface area contributed by atoms with Gasteiger partial charge in [-0.25, -0.2) is 0 Å². The summed E-state index contributed by atoms with van der Waals surface area (Å²) in [7, 11) is 1.84. The van der Waals surface area contributed by atoms with Gasteiger partial charge in [-0.3, -0.25) is 19.3 Å². The van der Waals surface area contributed by atoms with Crippen molar-refractivity contribution in [3.8, 4) is 11.1 Å². The molecule has 0 spiro atoms. The van der Waals surface area contributed by atoms with Crippen molar-refractivity contribution in [2.24, 2.45) is 7.05 Å². The Morgan fingerprint density at radius 2 is 1.89 bits per heavy atom. The van der Waals surface area contributed by atoms with Gasteiger partial charge in [0.1, 0.15) is 0 Å². The van der Waals surface area contributed by atoms with Crippen LogP contribution in [0, 0.1) is 0 Å². The molecule has 1 N–H and O–H groups in total. The molecule has 4 rings (SSSR count). The van der Waals surface area contributed by atoms with Gasteiger partial charge in [0.25, 0.3) is 0 Å². The average molecular weight is 359 g/mol. The predicted octanol–water partition coefficient (Wildman–Crippen LogP) is 3.17. The highest BCUT2D eigenvalue weighted by atomic mass is 16.4. The first-order valence-electron chi connectivity index (χ1n) is 8.58. The van der Waals surface area contributed by atoms with Crippen molar-refractivity contribution in [1.29, 1.82) is 0 Å². The van der Waals surface area contributed by atoms with Gasteiger partial charge in [0.15, 0.2) is 5.43 Å². The minimum Gasteiger partial charge on any atom is -0.481 e. The van der Waals surface area contributed by atoms with Gasteiger partial charge >= 0.3 is 5.97 Å². The summed E-state index contributed by atoms with van der Waals surface area (Å²) in [5.41, 5.74) is 3.06. The van der Waals surface area contributed by atoms with E-state index < -0.39 is 5.97 Å². The zero-order valence-electron chi connectivity index (χ0n) is 14.7. The summed E-state index contributed by atoms with van der Waals surface area (Å²) in [5, 5.41) is 15.0. The van der Waals surface area contributed by atoms with Crippen LogP contribution in [-0.2, 0) is 18.3 Å². The maximum absolute atomic E-state index is 13.2. The molecule has 0 aliphatic carbocycles. The number of carboxylic acid groups (broad SMARTS) is 1. The Morgan fingerprint density at radius 3 is 2.63 bits per heavy atom. The Morgan fingerprint density at radius 1 is 1.07 bits per heavy atom. The molecule has 6 nitrogen and oxygen atoms in total. The lowest BCUT2D eigenvalue weighted by Gasteiger charge is -2.00. The zero-order chi connectivity index (χ0) is 19.0. The fraction of sp³-hybridized carbons (Fsp3) is 0.143. The lowest BCUT2D eigenvalue weighted by molar-refractivity contribution is -0.136. The molecule has 4 aromatic rings. The molecule has 2 aromatic carbocycles. The molecule has 0 radical (unpaired) electrons. The number of rotatable bonds is 4. The lowest BCUT2D eigenvalue weighted by atomic mass is 10.0. The van der Waals surface area contributed by atoms with Crippen molar-refractivity contribution >= 4 is 27.6 Å². The van der Waals surface area contributed by atoms with Crippen LogP contribution in [0.4, 0.5) is 0 Å².